The third kappa shape index (κ3) is 2.89. The Labute approximate surface area is 176 Å². The minimum atomic E-state index is -0.498. The molecule has 8 atom stereocenters. The Morgan fingerprint density at radius 1 is 0.931 bits per heavy atom. The second kappa shape index (κ2) is 6.69. The Kier molecular flexibility index (Phi) is 4.57. The predicted molar refractivity (Wildman–Crippen MR) is 118 cm³/mol. The summed E-state index contributed by atoms with van der Waals surface area (Å²) < 4.78 is 0. The van der Waals surface area contributed by atoms with Crippen molar-refractivity contribution < 1.29 is 10.2 Å². The molecule has 29 heavy (non-hydrogen) atoms. The number of aliphatic hydroxyl groups is 2. The van der Waals surface area contributed by atoms with E-state index in [1.165, 1.54) is 36.8 Å². The topological polar surface area (TPSA) is 40.5 Å². The summed E-state index contributed by atoms with van der Waals surface area (Å²) >= 11 is 0. The molecule has 2 heteroatoms. The molecular weight excluding hydrogens is 356 g/mol. The highest BCUT2D eigenvalue weighted by Gasteiger charge is 2.63. The number of benzene rings is 1. The maximum absolute atomic E-state index is 11.1. The van der Waals surface area contributed by atoms with Crippen LogP contribution in [0.4, 0.5) is 0 Å². The number of aliphatic hydroxyl groups excluding tert-OH is 1. The van der Waals surface area contributed by atoms with Crippen molar-refractivity contribution in [2.45, 2.75) is 83.8 Å². The van der Waals surface area contributed by atoms with Crippen LogP contribution in [0.25, 0.3) is 6.08 Å². The Bertz CT molecular complexity index is 796. The number of hydrogen-bond acceptors (Lipinski definition) is 2. The highest BCUT2D eigenvalue weighted by molar-refractivity contribution is 5.54. The van der Waals surface area contributed by atoms with Crippen molar-refractivity contribution in [2.75, 3.05) is 0 Å². The average molecular weight is 395 g/mol. The highest BCUT2D eigenvalue weighted by Crippen LogP contribution is 2.68. The van der Waals surface area contributed by atoms with Crippen molar-refractivity contribution in [3.63, 3.8) is 0 Å². The predicted octanol–water partition coefficient (Wildman–Crippen LogP) is 5.83. The lowest BCUT2D eigenvalue weighted by Gasteiger charge is -2.61. The lowest BCUT2D eigenvalue weighted by molar-refractivity contribution is -0.146. The van der Waals surface area contributed by atoms with Crippen LogP contribution >= 0.6 is 0 Å². The standard InChI is InChI=1S/C27H38O2/c1-25-17-19(15-18-7-5-4-6-8-18)24(28)16-20(25)9-10-21-22(25)11-13-26(2)23(21)12-14-27(26,3)29/h4-8,15,20-24,28-29H,9-14,16-17H2,1-3H3/b19-15+/t20-,21+,22-,23-,24+,25-,26-,27-/m0/s1. The first kappa shape index (κ1) is 19.8. The van der Waals surface area contributed by atoms with E-state index in [1.807, 2.05) is 0 Å². The summed E-state index contributed by atoms with van der Waals surface area (Å²) in [4.78, 5) is 0. The minimum Gasteiger partial charge on any atom is -0.390 e. The van der Waals surface area contributed by atoms with E-state index in [0.29, 0.717) is 17.3 Å². The summed E-state index contributed by atoms with van der Waals surface area (Å²) in [5.74, 6) is 2.79. The van der Waals surface area contributed by atoms with Crippen LogP contribution in [-0.4, -0.2) is 21.9 Å². The Morgan fingerprint density at radius 3 is 2.41 bits per heavy atom. The fourth-order valence-corrected chi connectivity index (χ4v) is 8.33. The second-order valence-electron chi connectivity index (χ2n) is 11.5. The quantitative estimate of drug-likeness (QED) is 0.629. The van der Waals surface area contributed by atoms with Gasteiger partial charge in [0.1, 0.15) is 0 Å². The lowest BCUT2D eigenvalue weighted by Crippen LogP contribution is -2.56. The Hall–Kier alpha value is -1.12. The van der Waals surface area contributed by atoms with E-state index in [0.717, 1.165) is 37.5 Å². The first-order valence-corrected chi connectivity index (χ1v) is 11.9. The molecule has 0 heterocycles. The van der Waals surface area contributed by atoms with E-state index >= 15 is 0 Å². The van der Waals surface area contributed by atoms with Crippen LogP contribution in [0.2, 0.25) is 0 Å². The summed E-state index contributed by atoms with van der Waals surface area (Å²) in [6.07, 6.45) is 11.1. The van der Waals surface area contributed by atoms with Crippen molar-refractivity contribution in [2.24, 2.45) is 34.5 Å². The molecule has 0 spiro atoms. The van der Waals surface area contributed by atoms with Gasteiger partial charge in [-0.15, -0.1) is 0 Å². The normalized spacial score (nSPS) is 50.7. The second-order valence-corrected chi connectivity index (χ2v) is 11.5. The third-order valence-electron chi connectivity index (χ3n) is 10.3. The summed E-state index contributed by atoms with van der Waals surface area (Å²) in [5, 5.41) is 22.1. The number of hydrogen-bond donors (Lipinski definition) is 2. The molecule has 0 unspecified atom stereocenters. The molecule has 2 nitrogen and oxygen atoms in total. The van der Waals surface area contributed by atoms with E-state index in [-0.39, 0.29) is 11.5 Å². The highest BCUT2D eigenvalue weighted by atomic mass is 16.3. The molecule has 4 aliphatic carbocycles. The zero-order valence-electron chi connectivity index (χ0n) is 18.4. The van der Waals surface area contributed by atoms with E-state index in [1.54, 1.807) is 0 Å². The Balaban J connectivity index is 1.46. The molecular formula is C27H38O2. The van der Waals surface area contributed by atoms with Crippen LogP contribution in [-0.2, 0) is 0 Å². The number of fused-ring (bicyclic) bond motifs is 5. The van der Waals surface area contributed by atoms with Crippen LogP contribution in [0.5, 0.6) is 0 Å². The molecule has 4 aliphatic rings. The zero-order valence-corrected chi connectivity index (χ0v) is 18.4. The summed E-state index contributed by atoms with van der Waals surface area (Å²) in [6.45, 7) is 7.01. The fourth-order valence-electron chi connectivity index (χ4n) is 8.33. The molecule has 5 rings (SSSR count). The smallest absolute Gasteiger partial charge is 0.0756 e. The summed E-state index contributed by atoms with van der Waals surface area (Å²) in [7, 11) is 0. The van der Waals surface area contributed by atoms with E-state index in [4.69, 9.17) is 0 Å². The first-order valence-electron chi connectivity index (χ1n) is 11.9. The van der Waals surface area contributed by atoms with Crippen molar-refractivity contribution in [3.05, 3.63) is 41.5 Å². The van der Waals surface area contributed by atoms with Gasteiger partial charge in [-0.1, -0.05) is 50.3 Å². The fraction of sp³-hybridized carbons (Fsp3) is 0.704. The summed E-state index contributed by atoms with van der Waals surface area (Å²) in [6, 6.07) is 10.5. The lowest BCUT2D eigenvalue weighted by atomic mass is 9.44. The molecule has 1 aromatic rings. The van der Waals surface area contributed by atoms with Gasteiger partial charge in [-0.2, -0.15) is 0 Å². The molecule has 0 saturated heterocycles. The van der Waals surface area contributed by atoms with Crippen LogP contribution in [0.1, 0.15) is 77.7 Å². The molecule has 2 N–H and O–H groups in total. The van der Waals surface area contributed by atoms with Gasteiger partial charge >= 0.3 is 0 Å². The molecule has 0 aromatic heterocycles. The Morgan fingerprint density at radius 2 is 1.66 bits per heavy atom. The molecule has 0 radical (unpaired) electrons. The van der Waals surface area contributed by atoms with E-state index in [2.05, 4.69) is 57.2 Å². The van der Waals surface area contributed by atoms with Gasteiger partial charge in [0.25, 0.3) is 0 Å². The first-order chi connectivity index (χ1) is 13.7. The zero-order chi connectivity index (χ0) is 20.4. The molecule has 1 aromatic carbocycles. The van der Waals surface area contributed by atoms with Crippen molar-refractivity contribution in [3.8, 4) is 0 Å². The van der Waals surface area contributed by atoms with Crippen LogP contribution in [0, 0.1) is 34.5 Å². The van der Waals surface area contributed by atoms with Gasteiger partial charge in [0, 0.05) is 0 Å². The molecule has 0 bridgehead atoms. The molecule has 158 valence electrons. The maximum Gasteiger partial charge on any atom is 0.0756 e. The average Bonchev–Trinajstić information content (AvgIpc) is 2.93. The van der Waals surface area contributed by atoms with Crippen molar-refractivity contribution >= 4 is 6.08 Å². The van der Waals surface area contributed by atoms with Gasteiger partial charge in [0.2, 0.25) is 0 Å². The van der Waals surface area contributed by atoms with Gasteiger partial charge in [-0.25, -0.2) is 0 Å². The summed E-state index contributed by atoms with van der Waals surface area (Å²) in [5.41, 5.74) is 2.33. The van der Waals surface area contributed by atoms with E-state index in [9.17, 15) is 10.2 Å². The van der Waals surface area contributed by atoms with Crippen LogP contribution in [0.15, 0.2) is 35.9 Å². The molecule has 0 amide bonds. The van der Waals surface area contributed by atoms with Gasteiger partial charge < -0.3 is 10.2 Å². The van der Waals surface area contributed by atoms with Crippen LogP contribution < -0.4 is 0 Å². The van der Waals surface area contributed by atoms with Gasteiger partial charge in [-0.3, -0.25) is 0 Å². The van der Waals surface area contributed by atoms with Gasteiger partial charge in [0.15, 0.2) is 0 Å². The van der Waals surface area contributed by atoms with Gasteiger partial charge in [0.05, 0.1) is 11.7 Å². The van der Waals surface area contributed by atoms with Gasteiger partial charge in [-0.05, 0) is 104 Å². The van der Waals surface area contributed by atoms with E-state index < -0.39 is 5.60 Å². The van der Waals surface area contributed by atoms with Crippen molar-refractivity contribution in [1.82, 2.24) is 0 Å². The monoisotopic (exact) mass is 394 g/mol. The SMILES string of the molecule is C[C@]12C/C(=C\c3ccccc3)[C@H](O)C[C@@H]1CC[C@@H]1[C@@H]2CC[C@@]2(C)[C@H]1CC[C@]2(C)O. The molecule has 4 fully saturated rings. The maximum atomic E-state index is 11.1. The third-order valence-corrected chi connectivity index (χ3v) is 10.3. The largest absolute Gasteiger partial charge is 0.390 e. The molecule has 0 aliphatic heterocycles. The van der Waals surface area contributed by atoms with Crippen molar-refractivity contribution in [1.29, 1.82) is 0 Å². The van der Waals surface area contributed by atoms with Crippen LogP contribution in [0.3, 0.4) is 0 Å². The minimum absolute atomic E-state index is 0.0915. The molecule has 4 saturated carbocycles. The number of rotatable bonds is 1.